The highest BCUT2D eigenvalue weighted by atomic mass is 16.4. The second-order valence-corrected chi connectivity index (χ2v) is 4.36. The van der Waals surface area contributed by atoms with E-state index in [0.717, 1.165) is 6.42 Å². The molecule has 1 aromatic carbocycles. The first-order chi connectivity index (χ1) is 8.99. The minimum atomic E-state index is -1.01. The minimum Gasteiger partial charge on any atom is -0.478 e. The van der Waals surface area contributed by atoms with E-state index in [-0.39, 0.29) is 17.6 Å². The van der Waals surface area contributed by atoms with E-state index >= 15 is 0 Å². The first-order valence-electron chi connectivity index (χ1n) is 6.40. The maximum atomic E-state index is 12.1. The first-order valence-corrected chi connectivity index (χ1v) is 6.40. The van der Waals surface area contributed by atoms with Gasteiger partial charge in [0.1, 0.15) is 0 Å². The fourth-order valence-corrected chi connectivity index (χ4v) is 1.80. The van der Waals surface area contributed by atoms with Crippen molar-refractivity contribution in [2.75, 3.05) is 11.9 Å². The van der Waals surface area contributed by atoms with Gasteiger partial charge in [-0.25, -0.2) is 9.59 Å². The highest BCUT2D eigenvalue weighted by Crippen LogP contribution is 2.13. The molecule has 0 aliphatic heterocycles. The Bertz CT molecular complexity index is 460. The summed E-state index contributed by atoms with van der Waals surface area (Å²) in [5, 5.41) is 11.6. The SMILES string of the molecule is CCC(C)N(CC)C(=O)Nc1cccc(C(=O)O)c1. The van der Waals surface area contributed by atoms with Crippen molar-refractivity contribution in [3.05, 3.63) is 29.8 Å². The Morgan fingerprint density at radius 3 is 2.58 bits per heavy atom. The van der Waals surface area contributed by atoms with E-state index in [1.807, 2.05) is 20.8 Å². The lowest BCUT2D eigenvalue weighted by Crippen LogP contribution is -2.41. The number of anilines is 1. The Hall–Kier alpha value is -2.04. The van der Waals surface area contributed by atoms with E-state index < -0.39 is 5.97 Å². The first kappa shape index (κ1) is 15.0. The number of nitrogens with one attached hydrogen (secondary N) is 1. The maximum absolute atomic E-state index is 12.1. The molecule has 0 saturated heterocycles. The number of carbonyl (C=O) groups excluding carboxylic acids is 1. The molecule has 0 aromatic heterocycles. The lowest BCUT2D eigenvalue weighted by molar-refractivity contribution is 0.0697. The third-order valence-electron chi connectivity index (χ3n) is 3.09. The highest BCUT2D eigenvalue weighted by molar-refractivity contribution is 5.93. The molecule has 0 radical (unpaired) electrons. The lowest BCUT2D eigenvalue weighted by Gasteiger charge is -2.27. The van der Waals surface area contributed by atoms with Gasteiger partial charge in [-0.3, -0.25) is 0 Å². The standard InChI is InChI=1S/C14H20N2O3/c1-4-10(3)16(5-2)14(19)15-12-8-6-7-11(9-12)13(17)18/h6-10H,4-5H2,1-3H3,(H,15,19)(H,17,18). The largest absolute Gasteiger partial charge is 0.478 e. The van der Waals surface area contributed by atoms with Crippen molar-refractivity contribution in [1.82, 2.24) is 4.90 Å². The molecule has 0 bridgehead atoms. The van der Waals surface area contributed by atoms with Gasteiger partial charge in [-0.05, 0) is 38.5 Å². The van der Waals surface area contributed by atoms with Crippen molar-refractivity contribution in [3.8, 4) is 0 Å². The Morgan fingerprint density at radius 1 is 1.37 bits per heavy atom. The van der Waals surface area contributed by atoms with Crippen LogP contribution in [0.4, 0.5) is 10.5 Å². The summed E-state index contributed by atoms with van der Waals surface area (Å²) in [4.78, 5) is 24.7. The predicted molar refractivity (Wildman–Crippen MR) is 74.6 cm³/mol. The van der Waals surface area contributed by atoms with E-state index in [9.17, 15) is 9.59 Å². The van der Waals surface area contributed by atoms with Crippen LogP contribution in [0, 0.1) is 0 Å². The van der Waals surface area contributed by atoms with Gasteiger partial charge in [-0.1, -0.05) is 13.0 Å². The zero-order valence-corrected chi connectivity index (χ0v) is 11.5. The zero-order valence-electron chi connectivity index (χ0n) is 11.5. The molecule has 0 saturated carbocycles. The molecule has 1 aromatic rings. The third kappa shape index (κ3) is 3.98. The molecule has 0 aliphatic carbocycles. The lowest BCUT2D eigenvalue weighted by atomic mass is 10.2. The number of nitrogens with zero attached hydrogens (tertiary/aromatic N) is 1. The fourth-order valence-electron chi connectivity index (χ4n) is 1.80. The second-order valence-electron chi connectivity index (χ2n) is 4.36. The maximum Gasteiger partial charge on any atom is 0.335 e. The van der Waals surface area contributed by atoms with E-state index in [1.54, 1.807) is 17.0 Å². The molecule has 104 valence electrons. The van der Waals surface area contributed by atoms with Crippen molar-refractivity contribution in [3.63, 3.8) is 0 Å². The Kier molecular flexibility index (Phi) is 5.36. The zero-order chi connectivity index (χ0) is 14.4. The normalized spacial score (nSPS) is 11.7. The summed E-state index contributed by atoms with van der Waals surface area (Å²) in [6, 6.07) is 6.16. The van der Waals surface area contributed by atoms with Gasteiger partial charge in [0.2, 0.25) is 0 Å². The van der Waals surface area contributed by atoms with Crippen LogP contribution in [0.5, 0.6) is 0 Å². The van der Waals surface area contributed by atoms with Crippen LogP contribution in [0.1, 0.15) is 37.6 Å². The summed E-state index contributed by atoms with van der Waals surface area (Å²) < 4.78 is 0. The number of carboxylic acid groups (broad SMARTS) is 1. The number of rotatable bonds is 5. The van der Waals surface area contributed by atoms with Crippen molar-refractivity contribution in [2.45, 2.75) is 33.2 Å². The second kappa shape index (κ2) is 6.78. The number of carbonyl (C=O) groups is 2. The third-order valence-corrected chi connectivity index (χ3v) is 3.09. The molecule has 2 amide bonds. The number of aromatic carboxylic acids is 1. The minimum absolute atomic E-state index is 0.146. The van der Waals surface area contributed by atoms with Crippen LogP contribution in [0.25, 0.3) is 0 Å². The molecule has 5 nitrogen and oxygen atoms in total. The van der Waals surface area contributed by atoms with Gasteiger partial charge in [0.15, 0.2) is 0 Å². The average Bonchev–Trinajstić information content (AvgIpc) is 2.39. The topological polar surface area (TPSA) is 69.6 Å². The summed E-state index contributed by atoms with van der Waals surface area (Å²) in [6.45, 7) is 6.53. The van der Waals surface area contributed by atoms with Crippen molar-refractivity contribution in [2.24, 2.45) is 0 Å². The Labute approximate surface area is 113 Å². The van der Waals surface area contributed by atoms with Crippen LogP contribution in [-0.2, 0) is 0 Å². The van der Waals surface area contributed by atoms with Crippen LogP contribution < -0.4 is 5.32 Å². The number of amides is 2. The van der Waals surface area contributed by atoms with Crippen LogP contribution in [-0.4, -0.2) is 34.6 Å². The molecule has 2 N–H and O–H groups in total. The van der Waals surface area contributed by atoms with Gasteiger partial charge in [-0.15, -0.1) is 0 Å². The summed E-state index contributed by atoms with van der Waals surface area (Å²) in [7, 11) is 0. The smallest absolute Gasteiger partial charge is 0.335 e. The average molecular weight is 264 g/mol. The molecular weight excluding hydrogens is 244 g/mol. The molecular formula is C14H20N2O3. The van der Waals surface area contributed by atoms with Gasteiger partial charge < -0.3 is 15.3 Å². The van der Waals surface area contributed by atoms with E-state index in [2.05, 4.69) is 5.32 Å². The van der Waals surface area contributed by atoms with Crippen LogP contribution >= 0.6 is 0 Å². The van der Waals surface area contributed by atoms with Crippen molar-refractivity contribution < 1.29 is 14.7 Å². The number of hydrogen-bond acceptors (Lipinski definition) is 2. The number of carboxylic acids is 1. The van der Waals surface area contributed by atoms with Crippen molar-refractivity contribution in [1.29, 1.82) is 0 Å². The molecule has 0 fully saturated rings. The molecule has 1 atom stereocenters. The Morgan fingerprint density at radius 2 is 2.05 bits per heavy atom. The monoisotopic (exact) mass is 264 g/mol. The van der Waals surface area contributed by atoms with Crippen molar-refractivity contribution >= 4 is 17.7 Å². The summed E-state index contributed by atoms with van der Waals surface area (Å²) in [5.74, 6) is -1.01. The van der Waals surface area contributed by atoms with Gasteiger partial charge in [0.25, 0.3) is 0 Å². The summed E-state index contributed by atoms with van der Waals surface area (Å²) in [5.41, 5.74) is 0.649. The van der Waals surface area contributed by atoms with Gasteiger partial charge >= 0.3 is 12.0 Å². The van der Waals surface area contributed by atoms with Gasteiger partial charge in [-0.2, -0.15) is 0 Å². The molecule has 0 heterocycles. The van der Waals surface area contributed by atoms with E-state index in [4.69, 9.17) is 5.11 Å². The van der Waals surface area contributed by atoms with E-state index in [0.29, 0.717) is 12.2 Å². The van der Waals surface area contributed by atoms with Crippen LogP contribution in [0.15, 0.2) is 24.3 Å². The predicted octanol–water partition coefficient (Wildman–Crippen LogP) is 3.04. The molecule has 19 heavy (non-hydrogen) atoms. The molecule has 1 unspecified atom stereocenters. The quantitative estimate of drug-likeness (QED) is 0.858. The number of hydrogen-bond donors (Lipinski definition) is 2. The van der Waals surface area contributed by atoms with Gasteiger partial charge in [0, 0.05) is 18.3 Å². The number of urea groups is 1. The fraction of sp³-hybridized carbons (Fsp3) is 0.429. The molecule has 0 spiro atoms. The van der Waals surface area contributed by atoms with E-state index in [1.165, 1.54) is 12.1 Å². The highest BCUT2D eigenvalue weighted by Gasteiger charge is 2.17. The molecule has 0 aliphatic rings. The summed E-state index contributed by atoms with van der Waals surface area (Å²) >= 11 is 0. The van der Waals surface area contributed by atoms with Gasteiger partial charge in [0.05, 0.1) is 5.56 Å². The molecule has 1 rings (SSSR count). The van der Waals surface area contributed by atoms with Crippen LogP contribution in [0.2, 0.25) is 0 Å². The summed E-state index contributed by atoms with van der Waals surface area (Å²) in [6.07, 6.45) is 0.871. The Balaban J connectivity index is 2.81. The molecule has 5 heteroatoms. The number of benzene rings is 1. The van der Waals surface area contributed by atoms with Crippen LogP contribution in [0.3, 0.4) is 0 Å².